The van der Waals surface area contributed by atoms with Gasteiger partial charge in [-0.25, -0.2) is 0 Å². The first-order chi connectivity index (χ1) is 6.80. The first-order valence-corrected chi connectivity index (χ1v) is 5.64. The number of rotatable bonds is 1. The Balaban J connectivity index is 2.70. The van der Waals surface area contributed by atoms with Crippen molar-refractivity contribution in [3.05, 3.63) is 0 Å². The Labute approximate surface area is 93.9 Å². The minimum atomic E-state index is -0.250. The lowest BCUT2D eigenvalue weighted by molar-refractivity contribution is 0.00578. The van der Waals surface area contributed by atoms with Crippen molar-refractivity contribution in [1.82, 2.24) is 0 Å². The average Bonchev–Trinajstić information content (AvgIpc) is 2.32. The highest BCUT2D eigenvalue weighted by atomic mass is 16.7. The zero-order chi connectivity index (χ0) is 11.7. The van der Waals surface area contributed by atoms with E-state index >= 15 is 0 Å². The van der Waals surface area contributed by atoms with Crippen LogP contribution in [0.25, 0.3) is 0 Å². The smallest absolute Gasteiger partial charge is 0.402 e. The SMILES string of the molecule is CCC#CC(C)B1OC(C)(C)C(C)(C)O1. The third-order valence-corrected chi connectivity index (χ3v) is 3.19. The topological polar surface area (TPSA) is 18.5 Å². The summed E-state index contributed by atoms with van der Waals surface area (Å²) in [6.07, 6.45) is 0.879. The predicted octanol–water partition coefficient (Wildman–Crippen LogP) is 2.88. The van der Waals surface area contributed by atoms with Crippen molar-refractivity contribution in [1.29, 1.82) is 0 Å². The molecule has 2 nitrogen and oxygen atoms in total. The van der Waals surface area contributed by atoms with Gasteiger partial charge in [-0.15, -0.1) is 11.8 Å². The molecule has 0 N–H and O–H groups in total. The lowest BCUT2D eigenvalue weighted by atomic mass is 9.73. The highest BCUT2D eigenvalue weighted by Gasteiger charge is 2.52. The standard InChI is InChI=1S/C12H21BO2/c1-7-8-9-10(2)13-14-11(3,4)12(5,6)15-13/h10H,7H2,1-6H3. The summed E-state index contributed by atoms with van der Waals surface area (Å²) in [5.41, 5.74) is -0.500. The summed E-state index contributed by atoms with van der Waals surface area (Å²) >= 11 is 0. The molecular formula is C12H21BO2. The highest BCUT2D eigenvalue weighted by Crippen LogP contribution is 2.39. The molecule has 1 aliphatic heterocycles. The molecule has 1 saturated heterocycles. The molecule has 0 aliphatic carbocycles. The van der Waals surface area contributed by atoms with Crippen LogP contribution in [0, 0.1) is 11.8 Å². The van der Waals surface area contributed by atoms with Gasteiger partial charge in [-0.2, -0.15) is 0 Å². The fraction of sp³-hybridized carbons (Fsp3) is 0.833. The van der Waals surface area contributed by atoms with Crippen molar-refractivity contribution in [3.63, 3.8) is 0 Å². The van der Waals surface area contributed by atoms with Crippen molar-refractivity contribution >= 4 is 7.12 Å². The van der Waals surface area contributed by atoms with Gasteiger partial charge in [0.15, 0.2) is 0 Å². The molecule has 0 bridgehead atoms. The van der Waals surface area contributed by atoms with Crippen LogP contribution in [0.3, 0.4) is 0 Å². The Bertz CT molecular complexity index is 270. The van der Waals surface area contributed by atoms with Crippen LogP contribution in [0.15, 0.2) is 0 Å². The van der Waals surface area contributed by atoms with Gasteiger partial charge in [0.05, 0.1) is 17.0 Å². The van der Waals surface area contributed by atoms with Gasteiger partial charge in [0.2, 0.25) is 0 Å². The third-order valence-electron chi connectivity index (χ3n) is 3.19. The zero-order valence-electron chi connectivity index (χ0n) is 10.7. The molecule has 0 aromatic heterocycles. The summed E-state index contributed by atoms with van der Waals surface area (Å²) in [5.74, 6) is 6.35. The van der Waals surface area contributed by atoms with Gasteiger partial charge in [-0.3, -0.25) is 0 Å². The zero-order valence-corrected chi connectivity index (χ0v) is 10.7. The highest BCUT2D eigenvalue weighted by molar-refractivity contribution is 6.48. The summed E-state index contributed by atoms with van der Waals surface area (Å²) in [4.78, 5) is 0. The Morgan fingerprint density at radius 3 is 2.00 bits per heavy atom. The molecule has 0 radical (unpaired) electrons. The van der Waals surface area contributed by atoms with Gasteiger partial charge in [0, 0.05) is 6.42 Å². The molecule has 1 fully saturated rings. The van der Waals surface area contributed by atoms with Crippen molar-refractivity contribution < 1.29 is 9.31 Å². The van der Waals surface area contributed by atoms with Crippen molar-refractivity contribution in [2.75, 3.05) is 0 Å². The molecule has 1 aliphatic rings. The van der Waals surface area contributed by atoms with Gasteiger partial charge in [-0.05, 0) is 27.7 Å². The second-order valence-electron chi connectivity index (χ2n) is 5.09. The minimum absolute atomic E-state index is 0.131. The second-order valence-corrected chi connectivity index (χ2v) is 5.09. The molecule has 15 heavy (non-hydrogen) atoms. The molecule has 3 heteroatoms. The van der Waals surface area contributed by atoms with Gasteiger partial charge in [0.25, 0.3) is 0 Å². The van der Waals surface area contributed by atoms with E-state index in [4.69, 9.17) is 9.31 Å². The summed E-state index contributed by atoms with van der Waals surface area (Å²) in [5, 5.41) is 0. The maximum Gasteiger partial charge on any atom is 0.473 e. The molecule has 1 atom stereocenters. The average molecular weight is 208 g/mol. The molecule has 0 amide bonds. The van der Waals surface area contributed by atoms with E-state index in [1.54, 1.807) is 0 Å². The quantitative estimate of drug-likeness (QED) is 0.487. The third kappa shape index (κ3) is 2.56. The molecular weight excluding hydrogens is 187 g/mol. The maximum absolute atomic E-state index is 5.90. The molecule has 1 unspecified atom stereocenters. The van der Waals surface area contributed by atoms with E-state index in [1.807, 2.05) is 13.8 Å². The predicted molar refractivity (Wildman–Crippen MR) is 63.6 cm³/mol. The fourth-order valence-corrected chi connectivity index (χ4v) is 1.42. The number of hydrogen-bond donors (Lipinski definition) is 0. The van der Waals surface area contributed by atoms with Gasteiger partial charge in [-0.1, -0.05) is 13.8 Å². The van der Waals surface area contributed by atoms with Crippen LogP contribution in [0.5, 0.6) is 0 Å². The first-order valence-electron chi connectivity index (χ1n) is 5.64. The van der Waals surface area contributed by atoms with Crippen molar-refractivity contribution in [3.8, 4) is 11.8 Å². The number of hydrogen-bond acceptors (Lipinski definition) is 2. The van der Waals surface area contributed by atoms with E-state index in [9.17, 15) is 0 Å². The molecule has 0 saturated carbocycles. The van der Waals surface area contributed by atoms with E-state index in [1.165, 1.54) is 0 Å². The molecule has 0 aromatic carbocycles. The van der Waals surface area contributed by atoms with Crippen LogP contribution in [-0.4, -0.2) is 18.3 Å². The van der Waals surface area contributed by atoms with Gasteiger partial charge in [0.1, 0.15) is 0 Å². The van der Waals surface area contributed by atoms with E-state index in [-0.39, 0.29) is 24.1 Å². The molecule has 1 heterocycles. The maximum atomic E-state index is 5.90. The van der Waals surface area contributed by atoms with Crippen LogP contribution < -0.4 is 0 Å². The normalized spacial score (nSPS) is 24.5. The van der Waals surface area contributed by atoms with E-state index < -0.39 is 0 Å². The molecule has 1 rings (SSSR count). The first kappa shape index (κ1) is 12.6. The Morgan fingerprint density at radius 1 is 1.13 bits per heavy atom. The van der Waals surface area contributed by atoms with Crippen molar-refractivity contribution in [2.24, 2.45) is 0 Å². The van der Waals surface area contributed by atoms with Gasteiger partial charge >= 0.3 is 7.12 Å². The molecule has 0 spiro atoms. The van der Waals surface area contributed by atoms with E-state index in [0.29, 0.717) is 0 Å². The lowest BCUT2D eigenvalue weighted by Crippen LogP contribution is -2.41. The van der Waals surface area contributed by atoms with Crippen LogP contribution in [0.1, 0.15) is 48.0 Å². The Kier molecular flexibility index (Phi) is 3.53. The second kappa shape index (κ2) is 4.19. The van der Waals surface area contributed by atoms with Gasteiger partial charge < -0.3 is 9.31 Å². The summed E-state index contributed by atoms with van der Waals surface area (Å²) in [6, 6.07) is 0. The van der Waals surface area contributed by atoms with Crippen LogP contribution in [0.4, 0.5) is 0 Å². The van der Waals surface area contributed by atoms with Crippen LogP contribution >= 0.6 is 0 Å². The molecule has 84 valence electrons. The van der Waals surface area contributed by atoms with E-state index in [2.05, 4.69) is 39.5 Å². The van der Waals surface area contributed by atoms with Crippen LogP contribution in [0.2, 0.25) is 5.82 Å². The lowest BCUT2D eigenvalue weighted by Gasteiger charge is -2.32. The van der Waals surface area contributed by atoms with E-state index in [0.717, 1.165) is 6.42 Å². The Hall–Kier alpha value is -0.455. The van der Waals surface area contributed by atoms with Crippen molar-refractivity contribution in [2.45, 2.75) is 65.0 Å². The van der Waals surface area contributed by atoms with Crippen LogP contribution in [-0.2, 0) is 9.31 Å². The molecule has 0 aromatic rings. The summed E-state index contributed by atoms with van der Waals surface area (Å²) in [7, 11) is -0.200. The monoisotopic (exact) mass is 208 g/mol. The minimum Gasteiger partial charge on any atom is -0.402 e. The fourth-order valence-electron chi connectivity index (χ4n) is 1.42. The largest absolute Gasteiger partial charge is 0.473 e. The summed E-state index contributed by atoms with van der Waals surface area (Å²) in [6.45, 7) is 12.3. The summed E-state index contributed by atoms with van der Waals surface area (Å²) < 4.78 is 11.8. The Morgan fingerprint density at radius 2 is 1.60 bits per heavy atom.